The second-order valence-corrected chi connectivity index (χ2v) is 8.41. The predicted octanol–water partition coefficient (Wildman–Crippen LogP) is 4.41. The first-order valence-corrected chi connectivity index (χ1v) is 11.0. The van der Waals surface area contributed by atoms with Crippen LogP contribution in [0.1, 0.15) is 31.7 Å². The number of fused-ring (bicyclic) bond motifs is 2. The standard InChI is InChI=1S/C22H26N4O2S/c1-2-28-20(27)5-3-4-16-8-12-26(13-9-16)15-17-6-7-19-18(14-17)25-21-22(29-19)24-11-10-23-21/h3,5-7,10-11,14,16H,2,4,8-9,12-13,15H2,1H3,(H,23,25)/b5-3+. The fourth-order valence-corrected chi connectivity index (χ4v) is 4.64. The van der Waals surface area contributed by atoms with Gasteiger partial charge in [-0.1, -0.05) is 23.9 Å². The molecule has 29 heavy (non-hydrogen) atoms. The molecule has 1 N–H and O–H groups in total. The number of hydrogen-bond donors (Lipinski definition) is 1. The largest absolute Gasteiger partial charge is 0.463 e. The van der Waals surface area contributed by atoms with Gasteiger partial charge in [-0.2, -0.15) is 0 Å². The van der Waals surface area contributed by atoms with E-state index in [1.165, 1.54) is 10.5 Å². The number of likely N-dealkylation sites (tertiary alicyclic amines) is 1. The highest BCUT2D eigenvalue weighted by molar-refractivity contribution is 7.99. The number of benzene rings is 1. The van der Waals surface area contributed by atoms with Crippen LogP contribution in [-0.4, -0.2) is 40.5 Å². The third-order valence-corrected chi connectivity index (χ3v) is 6.36. The molecular formula is C22H26N4O2S. The van der Waals surface area contributed by atoms with Gasteiger partial charge in [-0.3, -0.25) is 4.90 Å². The van der Waals surface area contributed by atoms with Crippen molar-refractivity contribution < 1.29 is 9.53 Å². The van der Waals surface area contributed by atoms with Gasteiger partial charge < -0.3 is 10.1 Å². The molecule has 1 aromatic carbocycles. The number of esters is 1. The van der Waals surface area contributed by atoms with E-state index in [-0.39, 0.29) is 5.97 Å². The first-order chi connectivity index (χ1) is 14.2. The zero-order valence-corrected chi connectivity index (χ0v) is 17.5. The Morgan fingerprint density at radius 3 is 2.97 bits per heavy atom. The van der Waals surface area contributed by atoms with E-state index in [2.05, 4.69) is 38.4 Å². The van der Waals surface area contributed by atoms with Crippen LogP contribution in [0.2, 0.25) is 0 Å². The molecule has 0 aliphatic carbocycles. The van der Waals surface area contributed by atoms with Gasteiger partial charge in [-0.15, -0.1) is 0 Å². The van der Waals surface area contributed by atoms with Gasteiger partial charge in [0.15, 0.2) is 5.82 Å². The zero-order chi connectivity index (χ0) is 20.1. The van der Waals surface area contributed by atoms with Crippen molar-refractivity contribution in [1.29, 1.82) is 0 Å². The lowest BCUT2D eigenvalue weighted by Crippen LogP contribution is -2.33. The molecule has 152 valence electrons. The van der Waals surface area contributed by atoms with E-state index in [1.54, 1.807) is 30.2 Å². The van der Waals surface area contributed by atoms with E-state index >= 15 is 0 Å². The molecule has 0 radical (unpaired) electrons. The SMILES string of the molecule is CCOC(=O)/C=C/CC1CCN(Cc2ccc3c(c2)Nc2nccnc2S3)CC1. The number of allylic oxidation sites excluding steroid dienone is 1. The van der Waals surface area contributed by atoms with Gasteiger partial charge in [0.1, 0.15) is 5.03 Å². The lowest BCUT2D eigenvalue weighted by atomic mass is 9.93. The average Bonchev–Trinajstić information content (AvgIpc) is 2.74. The number of carbonyl (C=O) groups excluding carboxylic acids is 1. The first kappa shape index (κ1) is 19.9. The Kier molecular flexibility index (Phi) is 6.46. The van der Waals surface area contributed by atoms with Gasteiger partial charge in [-0.25, -0.2) is 14.8 Å². The van der Waals surface area contributed by atoms with Crippen LogP contribution in [0.4, 0.5) is 11.5 Å². The predicted molar refractivity (Wildman–Crippen MR) is 114 cm³/mol. The monoisotopic (exact) mass is 410 g/mol. The van der Waals surface area contributed by atoms with E-state index in [1.807, 2.05) is 13.0 Å². The van der Waals surface area contributed by atoms with E-state index in [0.717, 1.165) is 55.4 Å². The van der Waals surface area contributed by atoms with Gasteiger partial charge in [0.2, 0.25) is 0 Å². The van der Waals surface area contributed by atoms with Crippen LogP contribution in [0.3, 0.4) is 0 Å². The fourth-order valence-electron chi connectivity index (χ4n) is 3.77. The first-order valence-electron chi connectivity index (χ1n) is 10.2. The molecule has 7 heteroatoms. The van der Waals surface area contributed by atoms with E-state index in [0.29, 0.717) is 12.5 Å². The summed E-state index contributed by atoms with van der Waals surface area (Å²) in [6, 6.07) is 6.62. The second kappa shape index (κ2) is 9.41. The number of ether oxygens (including phenoxy) is 1. The maximum absolute atomic E-state index is 11.4. The van der Waals surface area contributed by atoms with Crippen molar-refractivity contribution in [3.63, 3.8) is 0 Å². The molecule has 3 heterocycles. The Bertz CT molecular complexity index is 894. The van der Waals surface area contributed by atoms with Crippen LogP contribution in [0.15, 0.2) is 52.7 Å². The van der Waals surface area contributed by atoms with E-state index in [4.69, 9.17) is 4.74 Å². The zero-order valence-electron chi connectivity index (χ0n) is 16.6. The molecule has 0 atom stereocenters. The van der Waals surface area contributed by atoms with E-state index < -0.39 is 0 Å². The number of anilines is 2. The lowest BCUT2D eigenvalue weighted by molar-refractivity contribution is -0.137. The van der Waals surface area contributed by atoms with Gasteiger partial charge >= 0.3 is 5.97 Å². The van der Waals surface area contributed by atoms with Crippen LogP contribution in [-0.2, 0) is 16.1 Å². The smallest absolute Gasteiger partial charge is 0.330 e. The van der Waals surface area contributed by atoms with Crippen LogP contribution in [0.25, 0.3) is 0 Å². The molecule has 2 aromatic rings. The second-order valence-electron chi connectivity index (χ2n) is 7.38. The minimum Gasteiger partial charge on any atom is -0.463 e. The van der Waals surface area contributed by atoms with Crippen molar-refractivity contribution in [2.75, 3.05) is 25.0 Å². The molecule has 0 saturated carbocycles. The number of nitrogens with one attached hydrogen (secondary N) is 1. The van der Waals surface area contributed by atoms with Crippen molar-refractivity contribution in [1.82, 2.24) is 14.9 Å². The highest BCUT2D eigenvalue weighted by Gasteiger charge is 2.21. The maximum atomic E-state index is 11.4. The lowest BCUT2D eigenvalue weighted by Gasteiger charge is -2.31. The van der Waals surface area contributed by atoms with Crippen molar-refractivity contribution in [3.05, 3.63) is 48.3 Å². The molecule has 1 saturated heterocycles. The third-order valence-electron chi connectivity index (χ3n) is 5.29. The minimum absolute atomic E-state index is 0.238. The Morgan fingerprint density at radius 2 is 2.14 bits per heavy atom. The molecule has 0 bridgehead atoms. The number of rotatable bonds is 6. The summed E-state index contributed by atoms with van der Waals surface area (Å²) >= 11 is 1.66. The minimum atomic E-state index is -0.238. The summed E-state index contributed by atoms with van der Waals surface area (Å²) in [6.45, 7) is 5.39. The van der Waals surface area contributed by atoms with Crippen LogP contribution in [0.5, 0.6) is 0 Å². The summed E-state index contributed by atoms with van der Waals surface area (Å²) in [5, 5.41) is 4.33. The Hall–Kier alpha value is -2.38. The molecule has 1 fully saturated rings. The Balaban J connectivity index is 1.28. The van der Waals surface area contributed by atoms with Crippen molar-refractivity contribution in [2.24, 2.45) is 5.92 Å². The fraction of sp³-hybridized carbons (Fsp3) is 0.409. The van der Waals surface area contributed by atoms with Crippen molar-refractivity contribution in [3.8, 4) is 0 Å². The average molecular weight is 411 g/mol. The summed E-state index contributed by atoms with van der Waals surface area (Å²) in [5.74, 6) is 1.24. The summed E-state index contributed by atoms with van der Waals surface area (Å²) < 4.78 is 4.93. The van der Waals surface area contributed by atoms with Crippen molar-refractivity contribution in [2.45, 2.75) is 42.7 Å². The molecule has 6 nitrogen and oxygen atoms in total. The summed E-state index contributed by atoms with van der Waals surface area (Å²) in [4.78, 5) is 23.8. The van der Waals surface area contributed by atoms with E-state index in [9.17, 15) is 4.79 Å². The van der Waals surface area contributed by atoms with Crippen LogP contribution >= 0.6 is 11.8 Å². The molecule has 1 aromatic heterocycles. The molecule has 4 rings (SSSR count). The molecule has 0 unspecified atom stereocenters. The summed E-state index contributed by atoms with van der Waals surface area (Å²) in [5.41, 5.74) is 2.42. The van der Waals surface area contributed by atoms with Gasteiger partial charge in [0.05, 0.1) is 12.3 Å². The van der Waals surface area contributed by atoms with Crippen molar-refractivity contribution >= 4 is 29.2 Å². The molecule has 0 amide bonds. The molecular weight excluding hydrogens is 384 g/mol. The quantitative estimate of drug-likeness (QED) is 0.477. The number of carbonyl (C=O) groups is 1. The van der Waals surface area contributed by atoms with Gasteiger partial charge in [-0.05, 0) is 62.9 Å². The Labute approximate surface area is 175 Å². The maximum Gasteiger partial charge on any atom is 0.330 e. The highest BCUT2D eigenvalue weighted by Crippen LogP contribution is 2.42. The molecule has 0 spiro atoms. The number of nitrogens with zero attached hydrogens (tertiary/aromatic N) is 3. The number of hydrogen-bond acceptors (Lipinski definition) is 7. The Morgan fingerprint density at radius 1 is 1.31 bits per heavy atom. The van der Waals surface area contributed by atoms with Gasteiger partial charge in [0.25, 0.3) is 0 Å². The summed E-state index contributed by atoms with van der Waals surface area (Å²) in [7, 11) is 0. The molecule has 2 aliphatic rings. The van der Waals surface area contributed by atoms with Crippen LogP contribution < -0.4 is 5.32 Å². The van der Waals surface area contributed by atoms with Gasteiger partial charge in [0, 0.05) is 29.9 Å². The topological polar surface area (TPSA) is 67.3 Å². The number of piperidine rings is 1. The highest BCUT2D eigenvalue weighted by atomic mass is 32.2. The molecule has 2 aliphatic heterocycles. The normalized spacial score (nSPS) is 16.9. The number of aromatic nitrogens is 2. The third kappa shape index (κ3) is 5.16. The van der Waals surface area contributed by atoms with Crippen LogP contribution in [0, 0.1) is 5.92 Å². The summed E-state index contributed by atoms with van der Waals surface area (Å²) in [6.07, 6.45) is 10.2.